The van der Waals surface area contributed by atoms with Crippen LogP contribution in [0.3, 0.4) is 0 Å². The van der Waals surface area contributed by atoms with Crippen LogP contribution in [0.25, 0.3) is 0 Å². The first-order valence-electron chi connectivity index (χ1n) is 9.48. The molecule has 160 valence electrons. The molecule has 29 heavy (non-hydrogen) atoms. The molecule has 1 aliphatic rings. The largest absolute Gasteiger partial charge is 0.451 e. The van der Waals surface area contributed by atoms with Crippen LogP contribution in [0, 0.1) is 0 Å². The third-order valence-electron chi connectivity index (χ3n) is 4.78. The Balaban J connectivity index is 2.00. The summed E-state index contributed by atoms with van der Waals surface area (Å²) in [6.07, 6.45) is -2.89. The number of esters is 1. The van der Waals surface area contributed by atoms with Crippen LogP contribution < -0.4 is 16.4 Å². The molecule has 0 bridgehead atoms. The number of anilines is 1. The Morgan fingerprint density at radius 2 is 1.97 bits per heavy atom. The van der Waals surface area contributed by atoms with Crippen molar-refractivity contribution < 1.29 is 27.5 Å². The van der Waals surface area contributed by atoms with Crippen molar-refractivity contribution >= 4 is 17.6 Å². The normalized spacial score (nSPS) is 19.3. The molecule has 9 heteroatoms. The Hall–Kier alpha value is -2.55. The second-order valence-electron chi connectivity index (χ2n) is 6.93. The number of amides is 1. The summed E-state index contributed by atoms with van der Waals surface area (Å²) in [5, 5.41) is 5.55. The third-order valence-corrected chi connectivity index (χ3v) is 4.78. The molecule has 1 unspecified atom stereocenters. The van der Waals surface area contributed by atoms with Crippen LogP contribution in [0.5, 0.6) is 0 Å². The number of hydrogen-bond acceptors (Lipinski definition) is 5. The minimum absolute atomic E-state index is 0.158. The summed E-state index contributed by atoms with van der Waals surface area (Å²) in [6.45, 7) is 4.10. The van der Waals surface area contributed by atoms with Gasteiger partial charge in [0.25, 0.3) is 5.91 Å². The van der Waals surface area contributed by atoms with E-state index in [1.54, 1.807) is 6.92 Å². The first-order chi connectivity index (χ1) is 13.6. The van der Waals surface area contributed by atoms with Gasteiger partial charge in [0, 0.05) is 30.8 Å². The Morgan fingerprint density at radius 3 is 2.59 bits per heavy atom. The van der Waals surface area contributed by atoms with Crippen molar-refractivity contribution in [1.29, 1.82) is 0 Å². The van der Waals surface area contributed by atoms with Crippen LogP contribution in [0.1, 0.15) is 38.7 Å². The molecule has 0 aromatic heterocycles. The molecular formula is C20H26F3N3O3. The number of carbonyl (C=O) groups is 2. The minimum atomic E-state index is -4.42. The average Bonchev–Trinajstić information content (AvgIpc) is 2.89. The van der Waals surface area contributed by atoms with Crippen LogP contribution in [-0.2, 0) is 20.5 Å². The van der Waals surface area contributed by atoms with Gasteiger partial charge in [-0.05, 0) is 38.1 Å². The predicted molar refractivity (Wildman–Crippen MR) is 103 cm³/mol. The first-order valence-corrected chi connectivity index (χ1v) is 9.48. The second-order valence-corrected chi connectivity index (χ2v) is 6.93. The van der Waals surface area contributed by atoms with Crippen molar-refractivity contribution in [2.45, 2.75) is 44.9 Å². The molecule has 1 atom stereocenters. The summed E-state index contributed by atoms with van der Waals surface area (Å²) in [7, 11) is 0. The molecule has 1 amide bonds. The number of nitrogens with two attached hydrogens (primary N) is 1. The molecule has 1 aromatic carbocycles. The number of carbonyl (C=O) groups excluding carboxylic acids is 2. The molecule has 1 aromatic rings. The quantitative estimate of drug-likeness (QED) is 0.428. The molecule has 1 heterocycles. The molecule has 0 spiro atoms. The highest BCUT2D eigenvalue weighted by Gasteiger charge is 2.48. The SMILES string of the molecule is CCCC1(CCN)OC(=O)C(C)=C1C(=O)NCCNc1cccc(C(F)(F)F)c1. The molecule has 4 N–H and O–H groups in total. The zero-order valence-corrected chi connectivity index (χ0v) is 16.5. The maximum atomic E-state index is 12.8. The van der Waals surface area contributed by atoms with Gasteiger partial charge < -0.3 is 21.1 Å². The monoisotopic (exact) mass is 413 g/mol. The highest BCUT2D eigenvalue weighted by atomic mass is 19.4. The van der Waals surface area contributed by atoms with E-state index in [9.17, 15) is 22.8 Å². The van der Waals surface area contributed by atoms with Gasteiger partial charge in [-0.2, -0.15) is 13.2 Å². The van der Waals surface area contributed by atoms with Gasteiger partial charge in [-0.3, -0.25) is 4.79 Å². The fourth-order valence-electron chi connectivity index (χ4n) is 3.52. The van der Waals surface area contributed by atoms with Crippen molar-refractivity contribution in [1.82, 2.24) is 5.32 Å². The lowest BCUT2D eigenvalue weighted by Gasteiger charge is -2.30. The first kappa shape index (κ1) is 22.7. The minimum Gasteiger partial charge on any atom is -0.451 e. The van der Waals surface area contributed by atoms with Crippen molar-refractivity contribution in [2.75, 3.05) is 25.0 Å². The van der Waals surface area contributed by atoms with Gasteiger partial charge in [0.1, 0.15) is 5.60 Å². The smallest absolute Gasteiger partial charge is 0.416 e. The number of cyclic esters (lactones) is 1. The zero-order valence-electron chi connectivity index (χ0n) is 16.5. The van der Waals surface area contributed by atoms with Crippen LogP contribution in [0.4, 0.5) is 18.9 Å². The van der Waals surface area contributed by atoms with Crippen molar-refractivity contribution in [3.63, 3.8) is 0 Å². The van der Waals surface area contributed by atoms with E-state index in [-0.39, 0.29) is 30.8 Å². The summed E-state index contributed by atoms with van der Waals surface area (Å²) in [6, 6.07) is 4.82. The maximum Gasteiger partial charge on any atom is 0.416 e. The topological polar surface area (TPSA) is 93.5 Å². The number of benzene rings is 1. The molecular weight excluding hydrogens is 387 g/mol. The molecule has 0 saturated carbocycles. The number of halogens is 3. The summed E-state index contributed by atoms with van der Waals surface area (Å²) in [5.41, 5.74) is 4.74. The van der Waals surface area contributed by atoms with E-state index < -0.39 is 29.2 Å². The lowest BCUT2D eigenvalue weighted by Crippen LogP contribution is -2.42. The lowest BCUT2D eigenvalue weighted by molar-refractivity contribution is -0.148. The van der Waals surface area contributed by atoms with E-state index in [0.717, 1.165) is 12.1 Å². The van der Waals surface area contributed by atoms with E-state index >= 15 is 0 Å². The predicted octanol–water partition coefficient (Wildman–Crippen LogP) is 2.99. The number of rotatable bonds is 9. The van der Waals surface area contributed by atoms with Crippen molar-refractivity contribution in [3.8, 4) is 0 Å². The van der Waals surface area contributed by atoms with Gasteiger partial charge in [0.2, 0.25) is 0 Å². The van der Waals surface area contributed by atoms with E-state index in [2.05, 4.69) is 10.6 Å². The lowest BCUT2D eigenvalue weighted by atomic mass is 9.84. The van der Waals surface area contributed by atoms with Crippen LogP contribution in [0.15, 0.2) is 35.4 Å². The van der Waals surface area contributed by atoms with E-state index in [1.165, 1.54) is 12.1 Å². The second kappa shape index (κ2) is 9.30. The fourth-order valence-corrected chi connectivity index (χ4v) is 3.52. The van der Waals surface area contributed by atoms with Gasteiger partial charge in [0.05, 0.1) is 11.1 Å². The molecule has 0 aliphatic carbocycles. The average molecular weight is 413 g/mol. The van der Waals surface area contributed by atoms with Gasteiger partial charge in [0.15, 0.2) is 0 Å². The van der Waals surface area contributed by atoms with Gasteiger partial charge in [-0.15, -0.1) is 0 Å². The van der Waals surface area contributed by atoms with Crippen molar-refractivity contribution in [2.24, 2.45) is 5.73 Å². The highest BCUT2D eigenvalue weighted by molar-refractivity contribution is 6.07. The Labute approximate surface area is 167 Å². The van der Waals surface area contributed by atoms with Crippen molar-refractivity contribution in [3.05, 3.63) is 41.0 Å². The van der Waals surface area contributed by atoms with Crippen LogP contribution in [0.2, 0.25) is 0 Å². The van der Waals surface area contributed by atoms with Crippen LogP contribution >= 0.6 is 0 Å². The fraction of sp³-hybridized carbons (Fsp3) is 0.500. The summed E-state index contributed by atoms with van der Waals surface area (Å²) >= 11 is 0. The molecule has 1 aliphatic heterocycles. The van der Waals surface area contributed by atoms with E-state index in [1.807, 2.05) is 6.92 Å². The molecule has 0 saturated heterocycles. The Kier molecular flexibility index (Phi) is 7.29. The Bertz CT molecular complexity index is 785. The summed E-state index contributed by atoms with van der Waals surface area (Å²) in [4.78, 5) is 24.8. The van der Waals surface area contributed by atoms with Gasteiger partial charge >= 0.3 is 12.1 Å². The summed E-state index contributed by atoms with van der Waals surface area (Å²) < 4.78 is 43.8. The van der Waals surface area contributed by atoms with E-state index in [4.69, 9.17) is 10.5 Å². The third kappa shape index (κ3) is 5.29. The molecule has 0 fully saturated rings. The Morgan fingerprint density at radius 1 is 1.24 bits per heavy atom. The maximum absolute atomic E-state index is 12.8. The van der Waals surface area contributed by atoms with Crippen LogP contribution in [-0.4, -0.2) is 37.1 Å². The van der Waals surface area contributed by atoms with Gasteiger partial charge in [-0.25, -0.2) is 4.79 Å². The number of alkyl halides is 3. The number of ether oxygens (including phenoxy) is 1. The number of nitrogens with one attached hydrogen (secondary N) is 2. The zero-order chi connectivity index (χ0) is 21.7. The number of hydrogen-bond donors (Lipinski definition) is 3. The molecule has 0 radical (unpaired) electrons. The molecule has 6 nitrogen and oxygen atoms in total. The summed E-state index contributed by atoms with van der Waals surface area (Å²) in [5.74, 6) is -0.958. The standard InChI is InChI=1S/C20H26F3N3O3/c1-3-7-19(8-9-24)16(13(2)18(28)29-19)17(27)26-11-10-25-15-6-4-5-14(12-15)20(21,22)23/h4-6,12,25H,3,7-11,24H2,1-2H3,(H,26,27). The van der Waals surface area contributed by atoms with E-state index in [0.29, 0.717) is 24.9 Å². The molecule has 2 rings (SSSR count). The van der Waals surface area contributed by atoms with Gasteiger partial charge in [-0.1, -0.05) is 19.4 Å². The highest BCUT2D eigenvalue weighted by Crippen LogP contribution is 2.39.